The molecule has 5 rings (SSSR count). The number of hydrogen-bond acceptors (Lipinski definition) is 5. The summed E-state index contributed by atoms with van der Waals surface area (Å²) in [4.78, 5) is 9.97. The molecule has 0 radical (unpaired) electrons. The first-order valence-electron chi connectivity index (χ1n) is 12.1. The lowest BCUT2D eigenvalue weighted by atomic mass is 9.94. The molecule has 1 fully saturated rings. The van der Waals surface area contributed by atoms with Crippen molar-refractivity contribution in [2.45, 2.75) is 50.2 Å². The number of aryl methyl sites for hydroxylation is 1. The largest absolute Gasteiger partial charge is 0.386 e. The van der Waals surface area contributed by atoms with Crippen LogP contribution in [0.15, 0.2) is 70.4 Å². The molecule has 38 heavy (non-hydrogen) atoms. The van der Waals surface area contributed by atoms with Crippen molar-refractivity contribution < 1.29 is 17.4 Å². The van der Waals surface area contributed by atoms with E-state index >= 15 is 0 Å². The fourth-order valence-electron chi connectivity index (χ4n) is 4.11. The summed E-state index contributed by atoms with van der Waals surface area (Å²) >= 11 is 3.58. The molecule has 0 spiro atoms. The highest BCUT2D eigenvalue weighted by atomic mass is 79.9. The topological polar surface area (TPSA) is 75.4 Å². The molecule has 1 aliphatic rings. The quantitative estimate of drug-likeness (QED) is 0.279. The summed E-state index contributed by atoms with van der Waals surface area (Å²) in [5, 5.41) is 7.96. The summed E-state index contributed by atoms with van der Waals surface area (Å²) in [7, 11) is -1.12. The Morgan fingerprint density at radius 3 is 2.45 bits per heavy atom. The number of anilines is 1. The van der Waals surface area contributed by atoms with Gasteiger partial charge in [-0.1, -0.05) is 23.8 Å². The smallest absolute Gasteiger partial charge is 0.366 e. The van der Waals surface area contributed by atoms with E-state index in [1.165, 1.54) is 5.56 Å². The molecule has 0 saturated carbocycles. The maximum absolute atomic E-state index is 13.0. The number of nitrogens with one attached hydrogen (secondary N) is 1. The van der Waals surface area contributed by atoms with Crippen molar-refractivity contribution in [2.24, 2.45) is 0 Å². The number of halogens is 4. The van der Waals surface area contributed by atoms with E-state index in [2.05, 4.69) is 41.7 Å². The van der Waals surface area contributed by atoms with Gasteiger partial charge in [-0.2, -0.15) is 22.8 Å². The number of rotatable bonds is 6. The number of piperidine rings is 1. The van der Waals surface area contributed by atoms with Gasteiger partial charge in [-0.05, 0) is 59.5 Å². The summed E-state index contributed by atoms with van der Waals surface area (Å²) in [5.41, 5.74) is 4.11. The summed E-state index contributed by atoms with van der Waals surface area (Å²) in [6, 6.07) is 14.0. The van der Waals surface area contributed by atoms with Gasteiger partial charge in [0.25, 0.3) is 0 Å². The van der Waals surface area contributed by atoms with Crippen LogP contribution in [-0.4, -0.2) is 47.4 Å². The van der Waals surface area contributed by atoms with Crippen LogP contribution < -0.4 is 5.32 Å². The van der Waals surface area contributed by atoms with Crippen LogP contribution in [-0.2, 0) is 17.5 Å². The Kier molecular flexibility index (Phi) is 9.16. The first-order chi connectivity index (χ1) is 18.1. The molecule has 4 heterocycles. The van der Waals surface area contributed by atoms with E-state index in [4.69, 9.17) is 4.98 Å². The third kappa shape index (κ3) is 7.61. The minimum atomic E-state index is -4.00. The third-order valence-corrected chi connectivity index (χ3v) is 8.04. The van der Waals surface area contributed by atoms with Crippen LogP contribution in [0, 0.1) is 6.92 Å². The summed E-state index contributed by atoms with van der Waals surface area (Å²) < 4.78 is 48.8. The Balaban J connectivity index is 0.000000617. The molecule has 12 heteroatoms. The lowest BCUT2D eigenvalue weighted by Crippen LogP contribution is -2.34. The fraction of sp³-hybridized carbons (Fsp3) is 0.346. The molecule has 1 aliphatic heterocycles. The third-order valence-electron chi connectivity index (χ3n) is 5.97. The molecule has 202 valence electrons. The Labute approximate surface area is 230 Å². The van der Waals surface area contributed by atoms with Crippen LogP contribution in [0.25, 0.3) is 5.65 Å². The zero-order valence-electron chi connectivity index (χ0n) is 21.0. The second-order valence-electron chi connectivity index (χ2n) is 9.06. The van der Waals surface area contributed by atoms with E-state index in [0.717, 1.165) is 58.0 Å². The maximum Gasteiger partial charge on any atom is 0.386 e. The average Bonchev–Trinajstić information content (AvgIpc) is 3.28. The molecule has 0 amide bonds. The summed E-state index contributed by atoms with van der Waals surface area (Å²) in [6.07, 6.45) is 3.22. The number of alkyl halides is 3. The van der Waals surface area contributed by atoms with Gasteiger partial charge in [-0.25, -0.2) is 13.5 Å². The highest BCUT2D eigenvalue weighted by molar-refractivity contribution is 9.10. The standard InChI is InChI=1S/C24H25BrN6OS.C2H3F3/c1-17-4-6-20(7-5-17)33(32)30-11-8-19(9-12-30)22-13-23(27-15-18-3-2-10-26-14-18)31-24(29-22)21(25)16-28-31;1-2(3,4)5/h2-7,10,13-14,16,19,27H,8-9,11-12,15H2,1H3;1H3. The van der Waals surface area contributed by atoms with Crippen molar-refractivity contribution in [3.05, 3.63) is 82.3 Å². The zero-order chi connectivity index (χ0) is 27.3. The van der Waals surface area contributed by atoms with Gasteiger partial charge in [0.05, 0.1) is 15.6 Å². The van der Waals surface area contributed by atoms with E-state index in [9.17, 15) is 17.4 Å². The monoisotopic (exact) mass is 608 g/mol. The molecule has 4 aromatic rings. The lowest BCUT2D eigenvalue weighted by Gasteiger charge is -2.30. The number of pyridine rings is 1. The van der Waals surface area contributed by atoms with Crippen LogP contribution >= 0.6 is 15.9 Å². The SMILES string of the molecule is CC(F)(F)F.Cc1ccc(S(=O)N2CCC(c3cc(NCc4cccnc4)n4ncc(Br)c4n3)CC2)cc1. The number of nitrogens with zero attached hydrogens (tertiary/aromatic N) is 5. The molecule has 1 N–H and O–H groups in total. The maximum atomic E-state index is 13.0. The molecule has 1 saturated heterocycles. The highest BCUT2D eigenvalue weighted by Crippen LogP contribution is 2.31. The Hall–Kier alpha value is -2.83. The van der Waals surface area contributed by atoms with Gasteiger partial charge in [0, 0.05) is 56.6 Å². The molecule has 7 nitrogen and oxygen atoms in total. The minimum absolute atomic E-state index is 0.188. The predicted octanol–water partition coefficient (Wildman–Crippen LogP) is 6.28. The van der Waals surface area contributed by atoms with Crippen LogP contribution in [0.1, 0.15) is 42.5 Å². The molecular formula is C26H28BrF3N6OS. The van der Waals surface area contributed by atoms with Crippen molar-refractivity contribution in [1.29, 1.82) is 0 Å². The van der Waals surface area contributed by atoms with E-state index in [0.29, 0.717) is 12.5 Å². The first kappa shape index (κ1) is 28.2. The van der Waals surface area contributed by atoms with Crippen LogP contribution in [0.2, 0.25) is 0 Å². The first-order valence-corrected chi connectivity index (χ1v) is 14.0. The second-order valence-corrected chi connectivity index (χ2v) is 11.4. The van der Waals surface area contributed by atoms with Crippen molar-refractivity contribution in [3.63, 3.8) is 0 Å². The van der Waals surface area contributed by atoms with Crippen molar-refractivity contribution in [3.8, 4) is 0 Å². The summed E-state index contributed by atoms with van der Waals surface area (Å²) in [6.45, 7) is 4.43. The molecule has 3 aromatic heterocycles. The molecule has 1 atom stereocenters. The number of benzene rings is 1. The van der Waals surface area contributed by atoms with Gasteiger partial charge in [0.2, 0.25) is 0 Å². The average molecular weight is 610 g/mol. The highest BCUT2D eigenvalue weighted by Gasteiger charge is 2.26. The van der Waals surface area contributed by atoms with Gasteiger partial charge < -0.3 is 5.32 Å². The van der Waals surface area contributed by atoms with Gasteiger partial charge >= 0.3 is 6.18 Å². The zero-order valence-corrected chi connectivity index (χ0v) is 23.4. The molecule has 1 aromatic carbocycles. The van der Waals surface area contributed by atoms with Crippen molar-refractivity contribution in [1.82, 2.24) is 23.9 Å². The van der Waals surface area contributed by atoms with E-state index in [1.807, 2.05) is 54.0 Å². The van der Waals surface area contributed by atoms with Gasteiger partial charge in [0.15, 0.2) is 5.65 Å². The minimum Gasteiger partial charge on any atom is -0.366 e. The van der Waals surface area contributed by atoms with Crippen LogP contribution in [0.3, 0.4) is 0 Å². The van der Waals surface area contributed by atoms with E-state index < -0.39 is 17.2 Å². The molecule has 0 aliphatic carbocycles. The Morgan fingerprint density at radius 2 is 1.82 bits per heavy atom. The van der Waals surface area contributed by atoms with Crippen LogP contribution in [0.5, 0.6) is 0 Å². The summed E-state index contributed by atoms with van der Waals surface area (Å²) in [5.74, 6) is 1.21. The normalized spacial score (nSPS) is 15.6. The molecule has 0 bridgehead atoms. The van der Waals surface area contributed by atoms with Crippen LogP contribution in [0.4, 0.5) is 19.0 Å². The van der Waals surface area contributed by atoms with Gasteiger partial charge in [-0.3, -0.25) is 4.98 Å². The second kappa shape index (κ2) is 12.4. The Bertz CT molecular complexity index is 1370. The van der Waals surface area contributed by atoms with Crippen molar-refractivity contribution in [2.75, 3.05) is 18.4 Å². The van der Waals surface area contributed by atoms with Crippen molar-refractivity contribution >= 4 is 38.4 Å². The van der Waals surface area contributed by atoms with Gasteiger partial charge in [-0.15, -0.1) is 0 Å². The number of aromatic nitrogens is 4. The predicted molar refractivity (Wildman–Crippen MR) is 145 cm³/mol. The van der Waals surface area contributed by atoms with E-state index in [-0.39, 0.29) is 6.92 Å². The number of fused-ring (bicyclic) bond motifs is 1. The number of hydrogen-bond donors (Lipinski definition) is 1. The molecular weight excluding hydrogens is 581 g/mol. The Morgan fingerprint density at radius 1 is 1.13 bits per heavy atom. The molecule has 1 unspecified atom stereocenters. The van der Waals surface area contributed by atoms with E-state index in [1.54, 1.807) is 12.4 Å². The fourth-order valence-corrected chi connectivity index (χ4v) is 5.66. The van der Waals surface area contributed by atoms with Gasteiger partial charge in [0.1, 0.15) is 16.8 Å². The lowest BCUT2D eigenvalue weighted by molar-refractivity contribution is -0.110.